The Labute approximate surface area is 170 Å². The van der Waals surface area contributed by atoms with E-state index < -0.39 is 9.84 Å². The monoisotopic (exact) mass is 403 g/mol. The summed E-state index contributed by atoms with van der Waals surface area (Å²) >= 11 is 0. The van der Waals surface area contributed by atoms with Crippen molar-refractivity contribution in [3.05, 3.63) is 96.1 Å². The molecule has 0 saturated heterocycles. The quantitative estimate of drug-likeness (QED) is 0.453. The Morgan fingerprint density at radius 2 is 1.59 bits per heavy atom. The molecule has 4 nitrogen and oxygen atoms in total. The molecule has 0 N–H and O–H groups in total. The van der Waals surface area contributed by atoms with Crippen molar-refractivity contribution in [1.82, 2.24) is 4.98 Å². The van der Waals surface area contributed by atoms with Crippen molar-refractivity contribution >= 4 is 9.84 Å². The van der Waals surface area contributed by atoms with Crippen molar-refractivity contribution in [2.75, 3.05) is 6.26 Å². The minimum Gasteiger partial charge on any atom is -0.448 e. The molecular formula is C24H21NO3S. The normalized spacial score (nSPS) is 11.5. The van der Waals surface area contributed by atoms with Crippen LogP contribution in [0.5, 0.6) is 0 Å². The largest absolute Gasteiger partial charge is 0.448 e. The van der Waals surface area contributed by atoms with E-state index in [0.29, 0.717) is 17.2 Å². The molecule has 29 heavy (non-hydrogen) atoms. The molecule has 4 rings (SSSR count). The summed E-state index contributed by atoms with van der Waals surface area (Å²) in [5, 5.41) is 0. The third-order valence-electron chi connectivity index (χ3n) is 4.87. The molecule has 0 aliphatic carbocycles. The molecule has 3 aromatic carbocycles. The number of aryl methyl sites for hydroxylation is 1. The van der Waals surface area contributed by atoms with Crippen LogP contribution in [0.15, 0.2) is 88.4 Å². The number of hydrogen-bond acceptors (Lipinski definition) is 4. The van der Waals surface area contributed by atoms with Gasteiger partial charge in [-0.1, -0.05) is 54.6 Å². The van der Waals surface area contributed by atoms with Crippen molar-refractivity contribution in [2.24, 2.45) is 0 Å². The number of benzene rings is 3. The van der Waals surface area contributed by atoms with Crippen LogP contribution in [0.25, 0.3) is 22.4 Å². The van der Waals surface area contributed by atoms with Gasteiger partial charge < -0.3 is 4.42 Å². The Morgan fingerprint density at radius 1 is 0.897 bits per heavy atom. The Morgan fingerprint density at radius 3 is 2.24 bits per heavy atom. The minimum atomic E-state index is -3.19. The highest BCUT2D eigenvalue weighted by Gasteiger charge is 2.11. The van der Waals surface area contributed by atoms with Crippen LogP contribution >= 0.6 is 0 Å². The third kappa shape index (κ3) is 4.30. The fourth-order valence-electron chi connectivity index (χ4n) is 3.32. The molecule has 5 heteroatoms. The number of hydrogen-bond donors (Lipinski definition) is 0. The van der Waals surface area contributed by atoms with Gasteiger partial charge in [0.15, 0.2) is 15.7 Å². The first-order chi connectivity index (χ1) is 13.9. The van der Waals surface area contributed by atoms with Crippen LogP contribution in [0.2, 0.25) is 0 Å². The average molecular weight is 404 g/mol. The van der Waals surface area contributed by atoms with Crippen LogP contribution < -0.4 is 0 Å². The molecule has 0 atom stereocenters. The Bertz CT molecular complexity index is 1240. The van der Waals surface area contributed by atoms with Gasteiger partial charge in [0.1, 0.15) is 12.0 Å². The zero-order chi connectivity index (χ0) is 20.4. The summed E-state index contributed by atoms with van der Waals surface area (Å²) in [6.45, 7) is 2.04. The first kappa shape index (κ1) is 19.2. The highest BCUT2D eigenvalue weighted by Crippen LogP contribution is 2.29. The lowest BCUT2D eigenvalue weighted by molar-refractivity contribution is 0.507. The first-order valence-electron chi connectivity index (χ1n) is 9.30. The van der Waals surface area contributed by atoms with Gasteiger partial charge in [0.05, 0.1) is 4.90 Å². The number of aromatic nitrogens is 1. The molecule has 4 aromatic rings. The first-order valence-corrected chi connectivity index (χ1v) is 11.2. The van der Waals surface area contributed by atoms with Crippen molar-refractivity contribution in [3.63, 3.8) is 0 Å². The smallest absolute Gasteiger partial charge is 0.198 e. The van der Waals surface area contributed by atoms with Crippen LogP contribution in [0.1, 0.15) is 17.0 Å². The molecule has 146 valence electrons. The van der Waals surface area contributed by atoms with Crippen LogP contribution in [-0.4, -0.2) is 19.7 Å². The van der Waals surface area contributed by atoms with Crippen LogP contribution in [0.4, 0.5) is 0 Å². The standard InChI is InChI=1S/C24H21NO3S/c1-17-14-20(23-16-28-24(25-23)15-18-6-4-3-5-7-18)10-13-22(17)19-8-11-21(12-9-19)29(2,26)27/h3-14,16H,15H2,1-2H3. The summed E-state index contributed by atoms with van der Waals surface area (Å²) in [5.41, 5.74) is 6.07. The van der Waals surface area contributed by atoms with Crippen LogP contribution in [0.3, 0.4) is 0 Å². The van der Waals surface area contributed by atoms with Gasteiger partial charge in [-0.3, -0.25) is 0 Å². The molecular weight excluding hydrogens is 382 g/mol. The van der Waals surface area contributed by atoms with Crippen molar-refractivity contribution in [1.29, 1.82) is 0 Å². The fourth-order valence-corrected chi connectivity index (χ4v) is 3.95. The lowest BCUT2D eigenvalue weighted by atomic mass is 9.98. The van der Waals surface area contributed by atoms with Gasteiger partial charge in [0.25, 0.3) is 0 Å². The van der Waals surface area contributed by atoms with Crippen molar-refractivity contribution in [3.8, 4) is 22.4 Å². The van der Waals surface area contributed by atoms with E-state index in [-0.39, 0.29) is 0 Å². The topological polar surface area (TPSA) is 60.2 Å². The van der Waals surface area contributed by atoms with Gasteiger partial charge in [-0.2, -0.15) is 0 Å². The minimum absolute atomic E-state index is 0.323. The van der Waals surface area contributed by atoms with Gasteiger partial charge >= 0.3 is 0 Å². The predicted molar refractivity (Wildman–Crippen MR) is 114 cm³/mol. The van der Waals surface area contributed by atoms with E-state index in [1.54, 1.807) is 18.4 Å². The maximum Gasteiger partial charge on any atom is 0.198 e. The van der Waals surface area contributed by atoms with E-state index in [9.17, 15) is 8.42 Å². The molecule has 1 heterocycles. The molecule has 0 bridgehead atoms. The highest BCUT2D eigenvalue weighted by atomic mass is 32.2. The van der Waals surface area contributed by atoms with E-state index in [0.717, 1.165) is 33.5 Å². The summed E-state index contributed by atoms with van der Waals surface area (Å²) in [7, 11) is -3.19. The molecule has 0 fully saturated rings. The summed E-state index contributed by atoms with van der Waals surface area (Å²) in [4.78, 5) is 4.95. The molecule has 0 saturated carbocycles. The summed E-state index contributed by atoms with van der Waals surface area (Å²) in [6.07, 6.45) is 3.56. The van der Waals surface area contributed by atoms with Crippen LogP contribution in [-0.2, 0) is 16.3 Å². The van der Waals surface area contributed by atoms with Gasteiger partial charge in [0.2, 0.25) is 0 Å². The highest BCUT2D eigenvalue weighted by molar-refractivity contribution is 7.90. The van der Waals surface area contributed by atoms with E-state index >= 15 is 0 Å². The third-order valence-corrected chi connectivity index (χ3v) is 5.99. The maximum atomic E-state index is 11.7. The lowest BCUT2D eigenvalue weighted by Gasteiger charge is -2.08. The van der Waals surface area contributed by atoms with Gasteiger partial charge in [-0.15, -0.1) is 0 Å². The second-order valence-corrected chi connectivity index (χ2v) is 9.13. The van der Waals surface area contributed by atoms with E-state index in [4.69, 9.17) is 4.42 Å². The Balaban J connectivity index is 1.58. The molecule has 0 aliphatic heterocycles. The molecule has 0 aliphatic rings. The van der Waals surface area contributed by atoms with E-state index in [1.807, 2.05) is 49.4 Å². The van der Waals surface area contributed by atoms with Gasteiger partial charge in [0, 0.05) is 18.2 Å². The van der Waals surface area contributed by atoms with Crippen molar-refractivity contribution in [2.45, 2.75) is 18.2 Å². The molecule has 0 unspecified atom stereocenters. The second-order valence-electron chi connectivity index (χ2n) is 7.12. The predicted octanol–water partition coefficient (Wildman–Crippen LogP) is 5.31. The molecule has 1 aromatic heterocycles. The fraction of sp³-hybridized carbons (Fsp3) is 0.125. The SMILES string of the molecule is Cc1cc(-c2coc(Cc3ccccc3)n2)ccc1-c1ccc(S(C)(=O)=O)cc1. The number of oxazole rings is 1. The molecule has 0 spiro atoms. The van der Waals surface area contributed by atoms with Gasteiger partial charge in [-0.05, 0) is 47.4 Å². The molecule has 0 radical (unpaired) electrons. The Kier molecular flexibility index (Phi) is 5.07. The van der Waals surface area contributed by atoms with E-state index in [2.05, 4.69) is 23.2 Å². The number of rotatable bonds is 5. The molecule has 0 amide bonds. The zero-order valence-electron chi connectivity index (χ0n) is 16.3. The van der Waals surface area contributed by atoms with E-state index in [1.165, 1.54) is 6.26 Å². The summed E-state index contributed by atoms with van der Waals surface area (Å²) in [6, 6.07) is 23.2. The number of nitrogens with zero attached hydrogens (tertiary/aromatic N) is 1. The van der Waals surface area contributed by atoms with Crippen LogP contribution in [0, 0.1) is 6.92 Å². The number of sulfone groups is 1. The summed E-state index contributed by atoms with van der Waals surface area (Å²) < 4.78 is 29.0. The summed E-state index contributed by atoms with van der Waals surface area (Å²) in [5.74, 6) is 0.685. The maximum absolute atomic E-state index is 11.7. The second kappa shape index (κ2) is 7.68. The van der Waals surface area contributed by atoms with Crippen molar-refractivity contribution < 1.29 is 12.8 Å². The van der Waals surface area contributed by atoms with Gasteiger partial charge in [-0.25, -0.2) is 13.4 Å². The zero-order valence-corrected chi connectivity index (χ0v) is 17.1. The Hall–Kier alpha value is -3.18. The average Bonchev–Trinajstić information content (AvgIpc) is 3.17. The lowest BCUT2D eigenvalue weighted by Crippen LogP contribution is -1.96.